The van der Waals surface area contributed by atoms with Crippen molar-refractivity contribution in [1.29, 1.82) is 0 Å². The Labute approximate surface area is 152 Å². The highest BCUT2D eigenvalue weighted by molar-refractivity contribution is 5.93. The SMILES string of the molecule is OC[C@@H](O)CNc1cc(-c2ccc3c(c2)CCCO3)nc2ccccc12. The lowest BCUT2D eigenvalue weighted by Crippen LogP contribution is -2.23. The normalized spacial score (nSPS) is 14.5. The molecule has 3 aromatic rings. The van der Waals surface area contributed by atoms with Crippen LogP contribution in [0.15, 0.2) is 48.5 Å². The van der Waals surface area contributed by atoms with E-state index >= 15 is 0 Å². The van der Waals surface area contributed by atoms with Crippen molar-refractivity contribution < 1.29 is 14.9 Å². The maximum absolute atomic E-state index is 9.67. The van der Waals surface area contributed by atoms with Crippen LogP contribution in [0, 0.1) is 0 Å². The number of aliphatic hydroxyl groups is 2. The molecular formula is C21H22N2O3. The number of anilines is 1. The predicted molar refractivity (Wildman–Crippen MR) is 103 cm³/mol. The molecule has 0 radical (unpaired) electrons. The minimum atomic E-state index is -0.800. The summed E-state index contributed by atoms with van der Waals surface area (Å²) in [5, 5.41) is 22.9. The molecule has 0 aliphatic carbocycles. The van der Waals surface area contributed by atoms with Gasteiger partial charge in [-0.2, -0.15) is 0 Å². The van der Waals surface area contributed by atoms with Gasteiger partial charge in [-0.3, -0.25) is 0 Å². The number of para-hydroxylation sites is 1. The van der Waals surface area contributed by atoms with Crippen molar-refractivity contribution >= 4 is 16.6 Å². The monoisotopic (exact) mass is 350 g/mol. The van der Waals surface area contributed by atoms with Crippen molar-refractivity contribution in [3.8, 4) is 17.0 Å². The molecule has 5 nitrogen and oxygen atoms in total. The number of fused-ring (bicyclic) bond motifs is 2. The Morgan fingerprint density at radius 3 is 2.92 bits per heavy atom. The van der Waals surface area contributed by atoms with E-state index in [0.717, 1.165) is 53.0 Å². The number of nitrogens with one attached hydrogen (secondary N) is 1. The molecule has 0 spiro atoms. The van der Waals surface area contributed by atoms with E-state index in [4.69, 9.17) is 14.8 Å². The topological polar surface area (TPSA) is 74.6 Å². The maximum atomic E-state index is 9.67. The van der Waals surface area contributed by atoms with Crippen molar-refractivity contribution in [2.75, 3.05) is 25.1 Å². The summed E-state index contributed by atoms with van der Waals surface area (Å²) in [6.07, 6.45) is 1.25. The molecule has 134 valence electrons. The van der Waals surface area contributed by atoms with Crippen molar-refractivity contribution in [2.45, 2.75) is 18.9 Å². The zero-order valence-corrected chi connectivity index (χ0v) is 14.5. The number of nitrogens with zero attached hydrogens (tertiary/aromatic N) is 1. The lowest BCUT2D eigenvalue weighted by molar-refractivity contribution is 0.105. The molecule has 0 fully saturated rings. The van der Waals surface area contributed by atoms with Gasteiger partial charge in [0.05, 0.1) is 30.5 Å². The Hall–Kier alpha value is -2.63. The number of aromatic nitrogens is 1. The Balaban J connectivity index is 1.75. The van der Waals surface area contributed by atoms with Gasteiger partial charge in [-0.25, -0.2) is 4.98 Å². The molecule has 4 rings (SSSR count). The average Bonchev–Trinajstić information content (AvgIpc) is 2.71. The zero-order chi connectivity index (χ0) is 17.9. The Morgan fingerprint density at radius 1 is 1.15 bits per heavy atom. The van der Waals surface area contributed by atoms with Gasteiger partial charge < -0.3 is 20.3 Å². The second-order valence-corrected chi connectivity index (χ2v) is 6.56. The lowest BCUT2D eigenvalue weighted by Gasteiger charge is -2.18. The van der Waals surface area contributed by atoms with Gasteiger partial charge in [0.1, 0.15) is 5.75 Å². The molecule has 0 bridgehead atoms. The number of aliphatic hydroxyl groups excluding tert-OH is 2. The average molecular weight is 350 g/mol. The molecule has 0 saturated heterocycles. The van der Waals surface area contributed by atoms with Crippen molar-refractivity contribution in [1.82, 2.24) is 4.98 Å². The number of hydrogen-bond donors (Lipinski definition) is 3. The van der Waals surface area contributed by atoms with Gasteiger partial charge in [-0.1, -0.05) is 18.2 Å². The number of ether oxygens (including phenoxy) is 1. The van der Waals surface area contributed by atoms with Crippen LogP contribution in [0.4, 0.5) is 5.69 Å². The summed E-state index contributed by atoms with van der Waals surface area (Å²) in [5.74, 6) is 0.963. The van der Waals surface area contributed by atoms with Crippen LogP contribution >= 0.6 is 0 Å². The summed E-state index contributed by atoms with van der Waals surface area (Å²) in [6.45, 7) is 0.789. The fourth-order valence-electron chi connectivity index (χ4n) is 3.28. The van der Waals surface area contributed by atoms with Crippen molar-refractivity contribution in [2.24, 2.45) is 0 Å². The molecule has 26 heavy (non-hydrogen) atoms. The standard InChI is InChI=1S/C21H22N2O3/c24-13-16(25)12-22-20-11-19(23-18-6-2-1-5-17(18)20)14-7-8-21-15(10-14)4-3-9-26-21/h1-2,5-8,10-11,16,24-25H,3-4,9,12-13H2,(H,22,23)/t16-/m0/s1. The van der Waals surface area contributed by atoms with E-state index in [2.05, 4.69) is 11.4 Å². The predicted octanol–water partition coefficient (Wildman–Crippen LogP) is 2.99. The van der Waals surface area contributed by atoms with Gasteiger partial charge in [0.2, 0.25) is 0 Å². The van der Waals surface area contributed by atoms with Crippen LogP contribution in [0.5, 0.6) is 5.75 Å². The first-order valence-corrected chi connectivity index (χ1v) is 8.93. The number of pyridine rings is 1. The number of benzene rings is 2. The van der Waals surface area contributed by atoms with Crippen LogP contribution in [-0.2, 0) is 6.42 Å². The van der Waals surface area contributed by atoms with Gasteiger partial charge in [-0.15, -0.1) is 0 Å². The second kappa shape index (κ2) is 7.32. The fraction of sp³-hybridized carbons (Fsp3) is 0.286. The van der Waals surface area contributed by atoms with Gasteiger partial charge in [-0.05, 0) is 48.7 Å². The molecule has 1 aromatic heterocycles. The number of aryl methyl sites for hydroxylation is 1. The first kappa shape index (κ1) is 16.8. The summed E-state index contributed by atoms with van der Waals surface area (Å²) >= 11 is 0. The van der Waals surface area contributed by atoms with Crippen LogP contribution < -0.4 is 10.1 Å². The van der Waals surface area contributed by atoms with E-state index in [9.17, 15) is 5.11 Å². The zero-order valence-electron chi connectivity index (χ0n) is 14.5. The Morgan fingerprint density at radius 2 is 2.04 bits per heavy atom. The fourth-order valence-corrected chi connectivity index (χ4v) is 3.28. The first-order valence-electron chi connectivity index (χ1n) is 8.93. The van der Waals surface area contributed by atoms with E-state index in [-0.39, 0.29) is 13.2 Å². The van der Waals surface area contributed by atoms with Crippen molar-refractivity contribution in [3.63, 3.8) is 0 Å². The summed E-state index contributed by atoms with van der Waals surface area (Å²) in [6, 6.07) is 16.1. The molecule has 1 aliphatic heterocycles. The highest BCUT2D eigenvalue weighted by Gasteiger charge is 2.13. The third-order valence-electron chi connectivity index (χ3n) is 4.66. The molecule has 1 aliphatic rings. The summed E-state index contributed by atoms with van der Waals surface area (Å²) < 4.78 is 5.70. The number of hydrogen-bond acceptors (Lipinski definition) is 5. The quantitative estimate of drug-likeness (QED) is 0.660. The van der Waals surface area contributed by atoms with Crippen LogP contribution in [0.2, 0.25) is 0 Å². The van der Waals surface area contributed by atoms with Crippen LogP contribution in [0.3, 0.4) is 0 Å². The van der Waals surface area contributed by atoms with Crippen LogP contribution in [-0.4, -0.2) is 41.1 Å². The first-order chi connectivity index (χ1) is 12.7. The lowest BCUT2D eigenvalue weighted by atomic mass is 10.0. The van der Waals surface area contributed by atoms with E-state index in [1.807, 2.05) is 42.5 Å². The molecule has 0 amide bonds. The van der Waals surface area contributed by atoms with Crippen LogP contribution in [0.25, 0.3) is 22.2 Å². The molecule has 2 heterocycles. The van der Waals surface area contributed by atoms with E-state index in [1.165, 1.54) is 5.56 Å². The summed E-state index contributed by atoms with van der Waals surface area (Å²) in [5.41, 5.74) is 4.92. The van der Waals surface area contributed by atoms with Gasteiger partial charge >= 0.3 is 0 Å². The van der Waals surface area contributed by atoms with Gasteiger partial charge in [0.15, 0.2) is 0 Å². The highest BCUT2D eigenvalue weighted by Crippen LogP contribution is 2.32. The van der Waals surface area contributed by atoms with Crippen molar-refractivity contribution in [3.05, 3.63) is 54.1 Å². The molecule has 1 atom stereocenters. The maximum Gasteiger partial charge on any atom is 0.122 e. The van der Waals surface area contributed by atoms with Gasteiger partial charge in [0.25, 0.3) is 0 Å². The summed E-state index contributed by atoms with van der Waals surface area (Å²) in [7, 11) is 0. The molecule has 0 unspecified atom stereocenters. The molecule has 0 saturated carbocycles. The van der Waals surface area contributed by atoms with Gasteiger partial charge in [0, 0.05) is 23.2 Å². The molecule has 5 heteroatoms. The van der Waals surface area contributed by atoms with E-state index in [0.29, 0.717) is 0 Å². The third-order valence-corrected chi connectivity index (χ3v) is 4.66. The second-order valence-electron chi connectivity index (χ2n) is 6.56. The third kappa shape index (κ3) is 3.36. The van der Waals surface area contributed by atoms with E-state index in [1.54, 1.807) is 0 Å². The van der Waals surface area contributed by atoms with Crippen LogP contribution in [0.1, 0.15) is 12.0 Å². The molecule has 2 aromatic carbocycles. The summed E-state index contributed by atoms with van der Waals surface area (Å²) in [4.78, 5) is 4.81. The smallest absolute Gasteiger partial charge is 0.122 e. The minimum Gasteiger partial charge on any atom is -0.493 e. The Bertz CT molecular complexity index is 926. The Kier molecular flexibility index (Phi) is 4.73. The minimum absolute atomic E-state index is 0.270. The molecule has 3 N–H and O–H groups in total. The molecular weight excluding hydrogens is 328 g/mol. The largest absolute Gasteiger partial charge is 0.493 e. The number of rotatable bonds is 5. The van der Waals surface area contributed by atoms with E-state index < -0.39 is 6.10 Å². The highest BCUT2D eigenvalue weighted by atomic mass is 16.5.